The Morgan fingerprint density at radius 3 is 1.15 bits per heavy atom. The first kappa shape index (κ1) is 24.2. The fourth-order valence-corrected chi connectivity index (χ4v) is 3.71. The summed E-state index contributed by atoms with van der Waals surface area (Å²) in [5, 5.41) is 9.02. The molecule has 0 atom stereocenters. The third-order valence-electron chi connectivity index (χ3n) is 4.50. The molecular weight excluding hydrogens is 431 g/mol. The number of para-hydroxylation sites is 3. The lowest BCUT2D eigenvalue weighted by Crippen LogP contribution is -2.10. The van der Waals surface area contributed by atoms with E-state index in [9.17, 15) is 0 Å². The topological polar surface area (TPSA) is 47.9 Å². The molecule has 0 aliphatic heterocycles. The Hall–Kier alpha value is -3.49. The molecule has 0 saturated heterocycles. The van der Waals surface area contributed by atoms with E-state index in [0.29, 0.717) is 23.0 Å². The molecule has 0 fully saturated rings. The molecule has 4 aromatic carbocycles. The average molecular weight is 461 g/mol. The molecule has 0 radical (unpaired) electrons. The van der Waals surface area contributed by atoms with Crippen molar-refractivity contribution in [3.8, 4) is 23.0 Å². The Kier molecular flexibility index (Phi) is 8.74. The van der Waals surface area contributed by atoms with Gasteiger partial charge in [-0.1, -0.05) is 87.5 Å². The zero-order chi connectivity index (χ0) is 23.5. The lowest BCUT2D eigenvalue weighted by atomic mass is 9.87. The molecule has 4 nitrogen and oxygen atoms in total. The second-order valence-corrected chi connectivity index (χ2v) is 9.23. The Morgan fingerprint density at radius 1 is 0.515 bits per heavy atom. The third-order valence-corrected chi connectivity index (χ3v) is 5.58. The number of aromatic hydroxyl groups is 1. The summed E-state index contributed by atoms with van der Waals surface area (Å²) in [6, 6.07) is 35.9. The highest BCUT2D eigenvalue weighted by Crippen LogP contribution is 2.41. The maximum Gasteiger partial charge on any atom is 0.530 e. The minimum absolute atomic E-state index is 0.174. The largest absolute Gasteiger partial charge is 0.530 e. The van der Waals surface area contributed by atoms with Crippen LogP contribution in [0.4, 0.5) is 0 Å². The first-order chi connectivity index (χ1) is 15.9. The van der Waals surface area contributed by atoms with Gasteiger partial charge in [-0.2, -0.15) is 0 Å². The molecule has 33 heavy (non-hydrogen) atoms. The monoisotopic (exact) mass is 460 g/mol. The van der Waals surface area contributed by atoms with Crippen molar-refractivity contribution >= 4 is 8.60 Å². The second kappa shape index (κ2) is 11.9. The molecule has 0 amide bonds. The normalized spacial score (nSPS) is 10.7. The number of hydrogen-bond acceptors (Lipinski definition) is 4. The zero-order valence-corrected chi connectivity index (χ0v) is 20.0. The quantitative estimate of drug-likeness (QED) is 0.295. The summed E-state index contributed by atoms with van der Waals surface area (Å²) in [6.07, 6.45) is 0. The van der Waals surface area contributed by atoms with E-state index in [0.717, 1.165) is 0 Å². The van der Waals surface area contributed by atoms with Crippen LogP contribution in [0.15, 0.2) is 115 Å². The van der Waals surface area contributed by atoms with Crippen molar-refractivity contribution < 1.29 is 18.7 Å². The first-order valence-corrected chi connectivity index (χ1v) is 11.8. The fourth-order valence-electron chi connectivity index (χ4n) is 2.72. The minimum Gasteiger partial charge on any atom is -0.508 e. The van der Waals surface area contributed by atoms with Crippen LogP contribution in [-0.4, -0.2) is 5.11 Å². The summed E-state index contributed by atoms with van der Waals surface area (Å²) < 4.78 is 17.5. The van der Waals surface area contributed by atoms with Gasteiger partial charge in [0.25, 0.3) is 0 Å². The van der Waals surface area contributed by atoms with Crippen LogP contribution in [0.3, 0.4) is 0 Å². The molecule has 0 spiro atoms. The van der Waals surface area contributed by atoms with E-state index in [-0.39, 0.29) is 5.41 Å². The number of benzene rings is 4. The maximum atomic E-state index is 9.02. The van der Waals surface area contributed by atoms with Crippen molar-refractivity contribution in [3.63, 3.8) is 0 Å². The SMILES string of the molecule is CC(C)(C)c1ccc(O)cc1.c1ccc(OP(Oc2ccccc2)Oc2ccccc2)cc1. The summed E-state index contributed by atoms with van der Waals surface area (Å²) >= 11 is 0. The Balaban J connectivity index is 0.000000235. The summed E-state index contributed by atoms with van der Waals surface area (Å²) in [5.74, 6) is 2.46. The standard InChI is InChI=1S/C18H15O3P.C10H14O/c1-4-10-16(11-5-1)19-22(20-17-12-6-2-7-13-17)21-18-14-8-3-9-15-18;1-10(2,3)8-4-6-9(11)7-5-8/h1-15H;4-7,11H,1-3H3. The van der Waals surface area contributed by atoms with Gasteiger partial charge in [-0.3, -0.25) is 0 Å². The van der Waals surface area contributed by atoms with Gasteiger partial charge >= 0.3 is 8.60 Å². The molecule has 0 aliphatic carbocycles. The molecule has 5 heteroatoms. The van der Waals surface area contributed by atoms with Crippen molar-refractivity contribution in [1.29, 1.82) is 0 Å². The van der Waals surface area contributed by atoms with E-state index in [4.69, 9.17) is 18.7 Å². The van der Waals surface area contributed by atoms with Gasteiger partial charge in [0.2, 0.25) is 0 Å². The molecule has 0 heterocycles. The fraction of sp³-hybridized carbons (Fsp3) is 0.143. The highest BCUT2D eigenvalue weighted by Gasteiger charge is 2.19. The zero-order valence-electron chi connectivity index (χ0n) is 19.1. The minimum atomic E-state index is -1.59. The van der Waals surface area contributed by atoms with Gasteiger partial charge < -0.3 is 18.7 Å². The van der Waals surface area contributed by atoms with Crippen molar-refractivity contribution in [2.24, 2.45) is 0 Å². The van der Waals surface area contributed by atoms with Crippen LogP contribution in [0.25, 0.3) is 0 Å². The van der Waals surface area contributed by atoms with Gasteiger partial charge in [-0.25, -0.2) is 0 Å². The predicted octanol–water partition coefficient (Wildman–Crippen LogP) is 8.14. The van der Waals surface area contributed by atoms with E-state index in [1.165, 1.54) is 5.56 Å². The number of phenolic OH excluding ortho intramolecular Hbond substituents is 1. The van der Waals surface area contributed by atoms with Crippen molar-refractivity contribution in [2.75, 3.05) is 0 Å². The molecule has 0 saturated carbocycles. The van der Waals surface area contributed by atoms with Gasteiger partial charge in [-0.05, 0) is 59.5 Å². The Labute approximate surface area is 197 Å². The molecular formula is C28H29O4P. The van der Waals surface area contributed by atoms with Gasteiger partial charge in [0.05, 0.1) is 0 Å². The lowest BCUT2D eigenvalue weighted by molar-refractivity contribution is 0.388. The van der Waals surface area contributed by atoms with E-state index in [1.54, 1.807) is 12.1 Å². The van der Waals surface area contributed by atoms with Gasteiger partial charge in [-0.15, -0.1) is 0 Å². The lowest BCUT2D eigenvalue weighted by Gasteiger charge is -2.18. The van der Waals surface area contributed by atoms with Crippen LogP contribution in [-0.2, 0) is 5.41 Å². The smallest absolute Gasteiger partial charge is 0.508 e. The Bertz CT molecular complexity index is 965. The third kappa shape index (κ3) is 8.51. The van der Waals surface area contributed by atoms with Crippen LogP contribution in [0, 0.1) is 0 Å². The van der Waals surface area contributed by atoms with Crippen molar-refractivity contribution in [1.82, 2.24) is 0 Å². The van der Waals surface area contributed by atoms with E-state index >= 15 is 0 Å². The summed E-state index contributed by atoms with van der Waals surface area (Å²) in [5.41, 5.74) is 1.42. The van der Waals surface area contributed by atoms with E-state index < -0.39 is 8.60 Å². The molecule has 0 bridgehead atoms. The predicted molar refractivity (Wildman–Crippen MR) is 135 cm³/mol. The van der Waals surface area contributed by atoms with Gasteiger partial charge in [0, 0.05) is 0 Å². The number of rotatable bonds is 6. The van der Waals surface area contributed by atoms with Crippen molar-refractivity contribution in [3.05, 3.63) is 121 Å². The van der Waals surface area contributed by atoms with Gasteiger partial charge in [0.1, 0.15) is 23.0 Å². The summed E-state index contributed by atoms with van der Waals surface area (Å²) in [4.78, 5) is 0. The first-order valence-electron chi connectivity index (χ1n) is 10.7. The maximum absolute atomic E-state index is 9.02. The second-order valence-electron chi connectivity index (χ2n) is 8.23. The summed E-state index contributed by atoms with van der Waals surface area (Å²) in [6.45, 7) is 6.46. The van der Waals surface area contributed by atoms with Crippen LogP contribution in [0.2, 0.25) is 0 Å². The van der Waals surface area contributed by atoms with Gasteiger partial charge in [0.15, 0.2) is 0 Å². The number of phenols is 1. The highest BCUT2D eigenvalue weighted by atomic mass is 31.2. The Morgan fingerprint density at radius 2 is 0.848 bits per heavy atom. The van der Waals surface area contributed by atoms with Crippen LogP contribution >= 0.6 is 8.60 Å². The van der Waals surface area contributed by atoms with Crippen molar-refractivity contribution in [2.45, 2.75) is 26.2 Å². The van der Waals surface area contributed by atoms with Crippen LogP contribution in [0.1, 0.15) is 26.3 Å². The van der Waals surface area contributed by atoms with E-state index in [1.807, 2.05) is 103 Å². The highest BCUT2D eigenvalue weighted by molar-refractivity contribution is 7.43. The van der Waals surface area contributed by atoms with Crippen LogP contribution < -0.4 is 13.6 Å². The molecule has 0 aliphatic rings. The van der Waals surface area contributed by atoms with Crippen LogP contribution in [0.5, 0.6) is 23.0 Å². The molecule has 0 unspecified atom stereocenters. The molecule has 170 valence electrons. The molecule has 4 rings (SSSR count). The average Bonchev–Trinajstić information content (AvgIpc) is 2.81. The summed E-state index contributed by atoms with van der Waals surface area (Å²) in [7, 11) is -1.59. The molecule has 0 aromatic heterocycles. The van der Waals surface area contributed by atoms with E-state index in [2.05, 4.69) is 20.8 Å². The molecule has 1 N–H and O–H groups in total. The number of hydrogen-bond donors (Lipinski definition) is 1. The molecule has 4 aromatic rings.